The van der Waals surface area contributed by atoms with Gasteiger partial charge in [-0.25, -0.2) is 4.98 Å². The van der Waals surface area contributed by atoms with Crippen LogP contribution >= 0.6 is 0 Å². The van der Waals surface area contributed by atoms with E-state index in [0.29, 0.717) is 17.0 Å². The van der Waals surface area contributed by atoms with Crippen molar-refractivity contribution >= 4 is 0 Å². The molecule has 24 heavy (non-hydrogen) atoms. The Bertz CT molecular complexity index is 851. The van der Waals surface area contributed by atoms with Crippen LogP contribution in [0.1, 0.15) is 16.8 Å². The predicted octanol–water partition coefficient (Wildman–Crippen LogP) is 5.45. The van der Waals surface area contributed by atoms with Crippen LogP contribution in [0.5, 0.6) is 0 Å². The highest BCUT2D eigenvalue weighted by molar-refractivity contribution is 5.78. The van der Waals surface area contributed by atoms with E-state index in [1.54, 1.807) is 6.20 Å². The van der Waals surface area contributed by atoms with Gasteiger partial charge in [0.2, 0.25) is 0 Å². The summed E-state index contributed by atoms with van der Waals surface area (Å²) in [7, 11) is 0. The molecule has 0 spiro atoms. The Labute approximate surface area is 138 Å². The molecule has 1 heterocycles. The van der Waals surface area contributed by atoms with Crippen molar-refractivity contribution < 1.29 is 13.2 Å². The minimum Gasteiger partial charge on any atom is -0.252 e. The van der Waals surface area contributed by atoms with Gasteiger partial charge in [-0.05, 0) is 26.0 Å². The highest BCUT2D eigenvalue weighted by atomic mass is 19.4. The van der Waals surface area contributed by atoms with Gasteiger partial charge in [0.05, 0.1) is 22.6 Å². The number of nitrogens with zero attached hydrogens (tertiary/aromatic N) is 2. The topological polar surface area (TPSA) is 25.8 Å². The van der Waals surface area contributed by atoms with Crippen LogP contribution < -0.4 is 0 Å². The van der Waals surface area contributed by atoms with Gasteiger partial charge in [0.1, 0.15) is 0 Å². The molecule has 0 atom stereocenters. The summed E-state index contributed by atoms with van der Waals surface area (Å²) in [5.41, 5.74) is 3.91. The molecule has 122 valence electrons. The number of alkyl halides is 3. The third-order valence-electron chi connectivity index (χ3n) is 3.70. The van der Waals surface area contributed by atoms with Crippen LogP contribution in [0.2, 0.25) is 0 Å². The summed E-state index contributed by atoms with van der Waals surface area (Å²) < 4.78 is 38.2. The summed E-state index contributed by atoms with van der Waals surface area (Å²) in [6, 6.07) is 12.8. The van der Waals surface area contributed by atoms with Gasteiger partial charge in [-0.2, -0.15) is 13.2 Å². The SMILES string of the molecule is Cc1ccc(-c2nc(C)cnc2-c2ccc(C(F)(F)F)cc2)cc1. The van der Waals surface area contributed by atoms with Crippen LogP contribution in [-0.4, -0.2) is 9.97 Å². The Balaban J connectivity index is 2.10. The number of aromatic nitrogens is 2. The molecule has 0 radical (unpaired) electrons. The molecule has 2 nitrogen and oxygen atoms in total. The third-order valence-corrected chi connectivity index (χ3v) is 3.70. The minimum absolute atomic E-state index is 0.568. The average molecular weight is 328 g/mol. The molecule has 1 aromatic heterocycles. The van der Waals surface area contributed by atoms with Crippen LogP contribution in [0.25, 0.3) is 22.5 Å². The number of hydrogen-bond acceptors (Lipinski definition) is 2. The van der Waals surface area contributed by atoms with E-state index in [9.17, 15) is 13.2 Å². The fourth-order valence-electron chi connectivity index (χ4n) is 2.42. The highest BCUT2D eigenvalue weighted by Crippen LogP contribution is 2.33. The zero-order chi connectivity index (χ0) is 17.3. The van der Waals surface area contributed by atoms with Gasteiger partial charge in [-0.1, -0.05) is 42.0 Å². The first-order chi connectivity index (χ1) is 11.3. The standard InChI is InChI=1S/C19H15F3N2/c1-12-3-5-15(6-4-12)18-17(23-11-13(2)24-18)14-7-9-16(10-8-14)19(20,21)22/h3-11H,1-2H3. The maximum absolute atomic E-state index is 12.7. The summed E-state index contributed by atoms with van der Waals surface area (Å²) >= 11 is 0. The first-order valence-electron chi connectivity index (χ1n) is 7.43. The molecule has 0 aliphatic carbocycles. The monoisotopic (exact) mass is 328 g/mol. The predicted molar refractivity (Wildman–Crippen MR) is 87.4 cm³/mol. The minimum atomic E-state index is -4.35. The van der Waals surface area contributed by atoms with E-state index >= 15 is 0 Å². The van der Waals surface area contributed by atoms with Gasteiger partial charge >= 0.3 is 6.18 Å². The second-order valence-corrected chi connectivity index (χ2v) is 5.65. The lowest BCUT2D eigenvalue weighted by molar-refractivity contribution is -0.137. The molecule has 0 unspecified atom stereocenters. The second-order valence-electron chi connectivity index (χ2n) is 5.65. The summed E-state index contributed by atoms with van der Waals surface area (Å²) in [4.78, 5) is 8.93. The largest absolute Gasteiger partial charge is 0.416 e. The molecule has 2 aromatic carbocycles. The second kappa shape index (κ2) is 6.07. The van der Waals surface area contributed by atoms with Crippen LogP contribution in [0.3, 0.4) is 0 Å². The zero-order valence-corrected chi connectivity index (χ0v) is 13.2. The summed E-state index contributed by atoms with van der Waals surface area (Å²) in [5, 5.41) is 0. The first kappa shape index (κ1) is 16.2. The molecule has 0 saturated heterocycles. The van der Waals surface area contributed by atoms with Gasteiger partial charge < -0.3 is 0 Å². The molecule has 0 N–H and O–H groups in total. The van der Waals surface area contributed by atoms with Crippen LogP contribution in [0.4, 0.5) is 13.2 Å². The molecular formula is C19H15F3N2. The number of benzene rings is 2. The Morgan fingerprint density at radius 3 is 1.88 bits per heavy atom. The van der Waals surface area contributed by atoms with E-state index in [0.717, 1.165) is 29.0 Å². The van der Waals surface area contributed by atoms with Gasteiger partial charge in [-0.3, -0.25) is 4.98 Å². The van der Waals surface area contributed by atoms with Crippen molar-refractivity contribution in [2.24, 2.45) is 0 Å². The van der Waals surface area contributed by atoms with Crippen LogP contribution in [0.15, 0.2) is 54.7 Å². The lowest BCUT2D eigenvalue weighted by Gasteiger charge is -2.11. The maximum atomic E-state index is 12.7. The summed E-state index contributed by atoms with van der Waals surface area (Å²) in [5.74, 6) is 0. The normalized spacial score (nSPS) is 11.5. The zero-order valence-electron chi connectivity index (χ0n) is 13.2. The lowest BCUT2D eigenvalue weighted by atomic mass is 10.0. The molecular weight excluding hydrogens is 313 g/mol. The molecule has 0 amide bonds. The number of aryl methyl sites for hydroxylation is 2. The van der Waals surface area contributed by atoms with Gasteiger partial charge in [-0.15, -0.1) is 0 Å². The summed E-state index contributed by atoms with van der Waals surface area (Å²) in [6.07, 6.45) is -2.73. The van der Waals surface area contributed by atoms with Crippen LogP contribution in [0, 0.1) is 13.8 Å². The van der Waals surface area contributed by atoms with Crippen molar-refractivity contribution in [1.29, 1.82) is 0 Å². The van der Waals surface area contributed by atoms with Crippen molar-refractivity contribution in [1.82, 2.24) is 9.97 Å². The van der Waals surface area contributed by atoms with Crippen molar-refractivity contribution in [3.63, 3.8) is 0 Å². The van der Waals surface area contributed by atoms with Crippen molar-refractivity contribution in [3.05, 3.63) is 71.5 Å². The van der Waals surface area contributed by atoms with Gasteiger partial charge in [0, 0.05) is 17.3 Å². The highest BCUT2D eigenvalue weighted by Gasteiger charge is 2.30. The van der Waals surface area contributed by atoms with E-state index in [1.165, 1.54) is 12.1 Å². The molecule has 0 aliphatic heterocycles. The number of hydrogen-bond donors (Lipinski definition) is 0. The molecule has 5 heteroatoms. The van der Waals surface area contributed by atoms with E-state index in [1.807, 2.05) is 38.1 Å². The first-order valence-corrected chi connectivity index (χ1v) is 7.43. The average Bonchev–Trinajstić information content (AvgIpc) is 2.55. The molecule has 0 aliphatic rings. The van der Waals surface area contributed by atoms with Gasteiger partial charge in [0.15, 0.2) is 0 Å². The van der Waals surface area contributed by atoms with Crippen molar-refractivity contribution in [3.8, 4) is 22.5 Å². The third kappa shape index (κ3) is 3.30. The molecule has 0 saturated carbocycles. The van der Waals surface area contributed by atoms with Gasteiger partial charge in [0.25, 0.3) is 0 Å². The Morgan fingerprint density at radius 1 is 0.750 bits per heavy atom. The van der Waals surface area contributed by atoms with Crippen molar-refractivity contribution in [2.75, 3.05) is 0 Å². The molecule has 3 aromatic rings. The number of halogens is 3. The van der Waals surface area contributed by atoms with E-state index in [-0.39, 0.29) is 0 Å². The quantitative estimate of drug-likeness (QED) is 0.625. The smallest absolute Gasteiger partial charge is 0.252 e. The fourth-order valence-corrected chi connectivity index (χ4v) is 2.42. The number of rotatable bonds is 2. The maximum Gasteiger partial charge on any atom is 0.416 e. The summed E-state index contributed by atoms with van der Waals surface area (Å²) in [6.45, 7) is 3.82. The van der Waals surface area contributed by atoms with E-state index in [4.69, 9.17) is 0 Å². The molecule has 3 rings (SSSR count). The van der Waals surface area contributed by atoms with Crippen LogP contribution in [-0.2, 0) is 6.18 Å². The van der Waals surface area contributed by atoms with Crippen molar-refractivity contribution in [2.45, 2.75) is 20.0 Å². The fraction of sp³-hybridized carbons (Fsp3) is 0.158. The molecule has 0 fully saturated rings. The Hall–Kier alpha value is -2.69. The lowest BCUT2D eigenvalue weighted by Crippen LogP contribution is -2.04. The van der Waals surface area contributed by atoms with E-state index < -0.39 is 11.7 Å². The molecule has 0 bridgehead atoms. The Kier molecular flexibility index (Phi) is 4.09. The van der Waals surface area contributed by atoms with E-state index in [2.05, 4.69) is 9.97 Å². The Morgan fingerprint density at radius 2 is 1.29 bits per heavy atom.